The molecule has 6 nitrogen and oxygen atoms in total. The molecule has 0 bridgehead atoms. The predicted octanol–water partition coefficient (Wildman–Crippen LogP) is 1.20. The van der Waals surface area contributed by atoms with Crippen LogP contribution in [0.4, 0.5) is 11.4 Å². The van der Waals surface area contributed by atoms with Gasteiger partial charge in [0.15, 0.2) is 0 Å². The largest absolute Gasteiger partial charge is 0.399 e. The summed E-state index contributed by atoms with van der Waals surface area (Å²) in [5.41, 5.74) is 7.81. The fourth-order valence-electron chi connectivity index (χ4n) is 2.72. The fourth-order valence-corrected chi connectivity index (χ4v) is 2.72. The van der Waals surface area contributed by atoms with Gasteiger partial charge in [0.25, 0.3) is 0 Å². The van der Waals surface area contributed by atoms with E-state index >= 15 is 0 Å². The van der Waals surface area contributed by atoms with Crippen LogP contribution in [0.5, 0.6) is 0 Å². The third-order valence-electron chi connectivity index (χ3n) is 3.99. The Kier molecular flexibility index (Phi) is 4.06. The van der Waals surface area contributed by atoms with Gasteiger partial charge in [0.05, 0.1) is 6.54 Å². The average Bonchev–Trinajstić information content (AvgIpc) is 2.96. The molecular weight excluding hydrogens is 264 g/mol. The number of piperazine rings is 1. The van der Waals surface area contributed by atoms with Gasteiger partial charge in [-0.1, -0.05) is 0 Å². The second-order valence-electron chi connectivity index (χ2n) is 5.35. The molecule has 1 aliphatic heterocycles. The van der Waals surface area contributed by atoms with E-state index in [0.717, 1.165) is 50.8 Å². The molecule has 0 saturated carbocycles. The molecule has 112 valence electrons. The number of hydrogen-bond acceptors (Lipinski definition) is 5. The van der Waals surface area contributed by atoms with Crippen LogP contribution < -0.4 is 10.6 Å². The van der Waals surface area contributed by atoms with Crippen molar-refractivity contribution in [2.75, 3.05) is 36.8 Å². The van der Waals surface area contributed by atoms with Gasteiger partial charge in [-0.05, 0) is 31.2 Å². The number of benzene rings is 1. The maximum atomic E-state index is 5.74. The second-order valence-corrected chi connectivity index (χ2v) is 5.35. The van der Waals surface area contributed by atoms with Crippen molar-refractivity contribution in [3.05, 3.63) is 36.4 Å². The number of anilines is 2. The monoisotopic (exact) mass is 286 g/mol. The molecule has 0 atom stereocenters. The van der Waals surface area contributed by atoms with Crippen molar-refractivity contribution < 1.29 is 0 Å². The number of hydrogen-bond donors (Lipinski definition) is 1. The predicted molar refractivity (Wildman–Crippen MR) is 84.0 cm³/mol. The SMILES string of the molecule is CCn1ncnc1CN1CCN(c2ccc(N)cc2)CC1. The van der Waals surface area contributed by atoms with Crippen LogP contribution in [0, 0.1) is 0 Å². The lowest BCUT2D eigenvalue weighted by Crippen LogP contribution is -2.46. The van der Waals surface area contributed by atoms with Gasteiger partial charge in [-0.3, -0.25) is 4.90 Å². The molecule has 1 saturated heterocycles. The van der Waals surface area contributed by atoms with Crippen LogP contribution in [0.3, 0.4) is 0 Å². The number of nitrogen functional groups attached to an aromatic ring is 1. The van der Waals surface area contributed by atoms with Crippen molar-refractivity contribution in [1.82, 2.24) is 19.7 Å². The zero-order valence-electron chi connectivity index (χ0n) is 12.4. The van der Waals surface area contributed by atoms with Crippen molar-refractivity contribution in [3.8, 4) is 0 Å². The highest BCUT2D eigenvalue weighted by molar-refractivity contribution is 5.53. The van der Waals surface area contributed by atoms with Crippen LogP contribution in [0.2, 0.25) is 0 Å². The second kappa shape index (κ2) is 6.13. The number of aromatic nitrogens is 3. The number of aryl methyl sites for hydroxylation is 1. The molecule has 0 spiro atoms. The quantitative estimate of drug-likeness (QED) is 0.856. The molecule has 2 aromatic rings. The van der Waals surface area contributed by atoms with E-state index in [2.05, 4.69) is 38.9 Å². The Labute approximate surface area is 125 Å². The molecule has 0 aliphatic carbocycles. The summed E-state index contributed by atoms with van der Waals surface area (Å²) in [6.45, 7) is 8.00. The molecule has 1 fully saturated rings. The first-order valence-electron chi connectivity index (χ1n) is 7.46. The molecular formula is C15H22N6. The third-order valence-corrected chi connectivity index (χ3v) is 3.99. The molecule has 1 aromatic carbocycles. The van der Waals surface area contributed by atoms with Crippen molar-refractivity contribution >= 4 is 11.4 Å². The molecule has 0 radical (unpaired) electrons. The standard InChI is InChI=1S/C15H22N6/c1-2-21-15(17-12-18-21)11-19-7-9-20(10-8-19)14-5-3-13(16)4-6-14/h3-6,12H,2,7-11,16H2,1H3. The molecule has 2 N–H and O–H groups in total. The Morgan fingerprint density at radius 1 is 1.10 bits per heavy atom. The minimum Gasteiger partial charge on any atom is -0.399 e. The fraction of sp³-hybridized carbons (Fsp3) is 0.467. The van der Waals surface area contributed by atoms with Crippen molar-refractivity contribution in [2.45, 2.75) is 20.0 Å². The van der Waals surface area contributed by atoms with E-state index in [9.17, 15) is 0 Å². The van der Waals surface area contributed by atoms with Crippen molar-refractivity contribution in [2.24, 2.45) is 0 Å². The lowest BCUT2D eigenvalue weighted by atomic mass is 10.2. The van der Waals surface area contributed by atoms with Crippen molar-refractivity contribution in [3.63, 3.8) is 0 Å². The van der Waals surface area contributed by atoms with Crippen molar-refractivity contribution in [1.29, 1.82) is 0 Å². The Morgan fingerprint density at radius 3 is 2.48 bits per heavy atom. The highest BCUT2D eigenvalue weighted by Crippen LogP contribution is 2.18. The molecule has 1 aromatic heterocycles. The first-order valence-corrected chi connectivity index (χ1v) is 7.46. The molecule has 2 heterocycles. The van der Waals surface area contributed by atoms with Crippen LogP contribution in [-0.2, 0) is 13.1 Å². The Bertz CT molecular complexity index is 568. The first-order chi connectivity index (χ1) is 10.3. The smallest absolute Gasteiger partial charge is 0.140 e. The summed E-state index contributed by atoms with van der Waals surface area (Å²) in [6, 6.07) is 8.12. The summed E-state index contributed by atoms with van der Waals surface area (Å²) in [7, 11) is 0. The highest BCUT2D eigenvalue weighted by Gasteiger charge is 2.18. The van der Waals surface area contributed by atoms with E-state index in [1.807, 2.05) is 16.8 Å². The minimum atomic E-state index is 0.816. The van der Waals surface area contributed by atoms with Crippen LogP contribution in [0.15, 0.2) is 30.6 Å². The molecule has 21 heavy (non-hydrogen) atoms. The van der Waals surface area contributed by atoms with Crippen LogP contribution in [-0.4, -0.2) is 45.8 Å². The van der Waals surface area contributed by atoms with E-state index in [0.29, 0.717) is 0 Å². The minimum absolute atomic E-state index is 0.816. The van der Waals surface area contributed by atoms with Gasteiger partial charge in [0, 0.05) is 44.1 Å². The van der Waals surface area contributed by atoms with Gasteiger partial charge in [0.1, 0.15) is 12.2 Å². The summed E-state index contributed by atoms with van der Waals surface area (Å²) in [4.78, 5) is 9.19. The summed E-state index contributed by atoms with van der Waals surface area (Å²) < 4.78 is 1.96. The maximum absolute atomic E-state index is 5.74. The van der Waals surface area contributed by atoms with Gasteiger partial charge < -0.3 is 10.6 Å². The molecule has 0 amide bonds. The van der Waals surface area contributed by atoms with Gasteiger partial charge in [-0.15, -0.1) is 0 Å². The lowest BCUT2D eigenvalue weighted by molar-refractivity contribution is 0.239. The van der Waals surface area contributed by atoms with Crippen LogP contribution in [0.1, 0.15) is 12.7 Å². The molecule has 0 unspecified atom stereocenters. The van der Waals surface area contributed by atoms with Gasteiger partial charge in [0.2, 0.25) is 0 Å². The third kappa shape index (κ3) is 3.16. The first kappa shape index (κ1) is 13.9. The zero-order valence-corrected chi connectivity index (χ0v) is 12.4. The summed E-state index contributed by atoms with van der Waals surface area (Å²) in [6.07, 6.45) is 1.64. The normalized spacial score (nSPS) is 16.3. The van der Waals surface area contributed by atoms with Gasteiger partial charge in [-0.2, -0.15) is 5.10 Å². The van der Waals surface area contributed by atoms with E-state index in [1.165, 1.54) is 5.69 Å². The lowest BCUT2D eigenvalue weighted by Gasteiger charge is -2.35. The van der Waals surface area contributed by atoms with E-state index < -0.39 is 0 Å². The zero-order chi connectivity index (χ0) is 14.7. The Hall–Kier alpha value is -2.08. The average molecular weight is 286 g/mol. The van der Waals surface area contributed by atoms with E-state index in [1.54, 1.807) is 6.33 Å². The summed E-state index contributed by atoms with van der Waals surface area (Å²) >= 11 is 0. The number of nitrogens with zero attached hydrogens (tertiary/aromatic N) is 5. The number of rotatable bonds is 4. The van der Waals surface area contributed by atoms with Gasteiger partial charge >= 0.3 is 0 Å². The Morgan fingerprint density at radius 2 is 1.81 bits per heavy atom. The van der Waals surface area contributed by atoms with E-state index in [4.69, 9.17) is 5.73 Å². The highest BCUT2D eigenvalue weighted by atomic mass is 15.4. The molecule has 3 rings (SSSR count). The molecule has 1 aliphatic rings. The number of nitrogens with two attached hydrogens (primary N) is 1. The van der Waals surface area contributed by atoms with E-state index in [-0.39, 0.29) is 0 Å². The summed E-state index contributed by atoms with van der Waals surface area (Å²) in [5.74, 6) is 1.05. The molecule has 6 heteroatoms. The van der Waals surface area contributed by atoms with Crippen LogP contribution in [0.25, 0.3) is 0 Å². The Balaban J connectivity index is 1.56. The van der Waals surface area contributed by atoms with Crippen LogP contribution >= 0.6 is 0 Å². The van der Waals surface area contributed by atoms with Gasteiger partial charge in [-0.25, -0.2) is 9.67 Å². The maximum Gasteiger partial charge on any atom is 0.140 e. The summed E-state index contributed by atoms with van der Waals surface area (Å²) in [5, 5.41) is 4.23. The topological polar surface area (TPSA) is 63.2 Å².